The minimum absolute atomic E-state index is 0.0102. The highest BCUT2D eigenvalue weighted by molar-refractivity contribution is 5.91. The number of hydrogen-bond donors (Lipinski definition) is 1. The Kier molecular flexibility index (Phi) is 15.9. The summed E-state index contributed by atoms with van der Waals surface area (Å²) < 4.78 is 0. The molecule has 2 aromatic heterocycles. The summed E-state index contributed by atoms with van der Waals surface area (Å²) in [7, 11) is 8.64. The first-order valence-corrected chi connectivity index (χ1v) is 27.3. The maximum Gasteiger partial charge on any atom is 0.321 e. The first kappa shape index (κ1) is 53.3. The van der Waals surface area contributed by atoms with Crippen molar-refractivity contribution in [3.8, 4) is 6.07 Å². The summed E-state index contributed by atoms with van der Waals surface area (Å²) >= 11 is 0. The van der Waals surface area contributed by atoms with Crippen molar-refractivity contribution in [3.63, 3.8) is 0 Å². The Balaban J connectivity index is 0.000000184. The van der Waals surface area contributed by atoms with Crippen molar-refractivity contribution < 1.29 is 24.0 Å². The van der Waals surface area contributed by atoms with Gasteiger partial charge in [-0.1, -0.05) is 85.6 Å². The molecule has 0 atom stereocenters. The van der Waals surface area contributed by atoms with Gasteiger partial charge in [0.05, 0.1) is 37.0 Å². The summed E-state index contributed by atoms with van der Waals surface area (Å²) in [4.78, 5) is 86.0. The maximum atomic E-state index is 13.8. The van der Waals surface area contributed by atoms with Gasteiger partial charge in [-0.05, 0) is 152 Å². The van der Waals surface area contributed by atoms with Crippen LogP contribution >= 0.6 is 0 Å². The molecule has 6 aliphatic rings. The minimum atomic E-state index is -0.621. The molecule has 10 rings (SSSR count). The molecule has 6 fully saturated rings. The predicted molar refractivity (Wildman–Crippen MR) is 287 cm³/mol. The van der Waals surface area contributed by atoms with Crippen LogP contribution in [0, 0.1) is 23.2 Å². The molecule has 15 heteroatoms. The number of benzene rings is 2. The lowest BCUT2D eigenvalue weighted by atomic mass is 9.68. The number of pyridine rings is 2. The Labute approximate surface area is 443 Å². The summed E-state index contributed by atoms with van der Waals surface area (Å²) in [5.74, 6) is 0.380. The van der Waals surface area contributed by atoms with E-state index in [0.29, 0.717) is 42.0 Å². The average Bonchev–Trinajstić information content (AvgIpc) is 3.77. The number of carbonyl (C=O) groups is 5. The van der Waals surface area contributed by atoms with E-state index in [9.17, 15) is 24.0 Å². The number of nitriles is 1. The lowest BCUT2D eigenvalue weighted by molar-refractivity contribution is -0.119. The highest BCUT2D eigenvalue weighted by atomic mass is 16.2. The van der Waals surface area contributed by atoms with Crippen LogP contribution in [0.2, 0.25) is 0 Å². The van der Waals surface area contributed by atoms with Crippen molar-refractivity contribution in [2.75, 3.05) is 67.5 Å². The van der Waals surface area contributed by atoms with Crippen LogP contribution in [-0.2, 0) is 33.5 Å². The molecule has 2 aromatic carbocycles. The normalized spacial score (nSPS) is 25.8. The van der Waals surface area contributed by atoms with Crippen molar-refractivity contribution >= 4 is 29.5 Å². The van der Waals surface area contributed by atoms with Crippen LogP contribution in [0.4, 0.5) is 9.59 Å². The van der Waals surface area contributed by atoms with Gasteiger partial charge in [-0.2, -0.15) is 5.26 Å². The SMILES string of the molecule is CN(C)C1(c2ccccc2)CCC2(CC1)CN(CC(=O)Cc1cccc(C#N)n1)C(=O)N2CC1CCC1.CN(C)C1(c2ccccc2)CCC2(CC1)CN(CC(=O)Cc1cccc(C(N)=O)n1)C(=O)N2CC1CCC1. The van der Waals surface area contributed by atoms with Gasteiger partial charge in [-0.25, -0.2) is 19.6 Å². The van der Waals surface area contributed by atoms with Gasteiger partial charge in [0, 0.05) is 48.6 Å². The highest BCUT2D eigenvalue weighted by Gasteiger charge is 2.57. The van der Waals surface area contributed by atoms with Gasteiger partial charge < -0.3 is 25.3 Å². The highest BCUT2D eigenvalue weighted by Crippen LogP contribution is 2.51. The van der Waals surface area contributed by atoms with Crippen LogP contribution in [0.3, 0.4) is 0 Å². The number of aromatic nitrogens is 2. The molecular weight excluding hydrogens is 941 g/mol. The van der Waals surface area contributed by atoms with Crippen molar-refractivity contribution in [3.05, 3.63) is 131 Å². The molecular formula is C60H76N10O5. The lowest BCUT2D eigenvalue weighted by Gasteiger charge is -2.51. The number of amides is 5. The molecule has 2 N–H and O–H groups in total. The molecule has 75 heavy (non-hydrogen) atoms. The largest absolute Gasteiger partial charge is 0.364 e. The second-order valence-corrected chi connectivity index (χ2v) is 23.1. The van der Waals surface area contributed by atoms with Gasteiger partial charge in [-0.15, -0.1) is 0 Å². The van der Waals surface area contributed by atoms with Gasteiger partial charge in [0.1, 0.15) is 17.5 Å². The molecule has 0 unspecified atom stereocenters. The fourth-order valence-corrected chi connectivity index (χ4v) is 13.3. The van der Waals surface area contributed by atoms with Crippen molar-refractivity contribution in [1.82, 2.24) is 39.4 Å². The number of primary amides is 1. The summed E-state index contributed by atoms with van der Waals surface area (Å²) in [5.41, 5.74) is 8.95. The minimum Gasteiger partial charge on any atom is -0.364 e. The van der Waals surface area contributed by atoms with Crippen molar-refractivity contribution in [2.45, 2.75) is 125 Å². The average molecular weight is 1020 g/mol. The second-order valence-electron chi connectivity index (χ2n) is 23.1. The molecule has 2 spiro atoms. The van der Waals surface area contributed by atoms with E-state index in [0.717, 1.165) is 64.5 Å². The van der Waals surface area contributed by atoms with Gasteiger partial charge in [0.25, 0.3) is 5.91 Å². The molecule has 0 bridgehead atoms. The zero-order valence-corrected chi connectivity index (χ0v) is 44.6. The van der Waals surface area contributed by atoms with E-state index in [1.54, 1.807) is 40.1 Å². The number of Topliss-reactive ketones (excluding diaryl/α,β-unsaturated/α-hetero) is 2. The number of nitrogens with two attached hydrogens (primary N) is 1. The Morgan fingerprint density at radius 3 is 1.37 bits per heavy atom. The van der Waals surface area contributed by atoms with Gasteiger partial charge in [0.15, 0.2) is 11.6 Å². The van der Waals surface area contributed by atoms with Crippen LogP contribution in [0.1, 0.15) is 129 Å². The monoisotopic (exact) mass is 1020 g/mol. The van der Waals surface area contributed by atoms with E-state index in [4.69, 9.17) is 11.0 Å². The Morgan fingerprint density at radius 1 is 0.587 bits per heavy atom. The number of hydrogen-bond acceptors (Lipinski definition) is 10. The molecule has 0 radical (unpaired) electrons. The van der Waals surface area contributed by atoms with E-state index in [1.165, 1.54) is 55.7 Å². The zero-order chi connectivity index (χ0) is 53.0. The molecule has 4 aliphatic carbocycles. The van der Waals surface area contributed by atoms with E-state index < -0.39 is 5.91 Å². The number of ketones is 2. The zero-order valence-electron chi connectivity index (χ0n) is 44.6. The van der Waals surface area contributed by atoms with E-state index >= 15 is 0 Å². The third kappa shape index (κ3) is 11.1. The standard InChI is InChI=1S/C30H39N5O3.C30H37N5O2/c1-33(2)30(23-10-4-3-5-11-23)16-14-29(15-17-30)21-34(28(38)35(29)19-22-8-6-9-22)20-25(36)18-24-12-7-13-26(32-24)27(31)37;1-33(2)30(24-10-4-3-5-11-24)16-14-29(15-17-30)22-34(28(37)35(29)20-23-8-6-9-23)21-27(36)18-25-12-7-13-26(19-31)32-25/h3-5,7,10-13,22H,6,8-9,14-21H2,1-2H3,(H2,31,37);3-5,7,10-13,23H,6,8-9,14-18,20-22H2,1-2H3. The third-order valence-corrected chi connectivity index (χ3v) is 18.3. The van der Waals surface area contributed by atoms with Crippen LogP contribution < -0.4 is 5.73 Å². The quantitative estimate of drug-likeness (QED) is 0.109. The van der Waals surface area contributed by atoms with Crippen LogP contribution in [0.25, 0.3) is 0 Å². The van der Waals surface area contributed by atoms with Crippen molar-refractivity contribution in [2.24, 2.45) is 17.6 Å². The molecule has 4 saturated carbocycles. The predicted octanol–water partition coefficient (Wildman–Crippen LogP) is 7.97. The maximum absolute atomic E-state index is 13.8. The third-order valence-electron chi connectivity index (χ3n) is 18.3. The number of carbonyl (C=O) groups excluding carboxylic acids is 5. The van der Waals surface area contributed by atoms with Gasteiger partial charge >= 0.3 is 12.1 Å². The lowest BCUT2D eigenvalue weighted by Crippen LogP contribution is -2.56. The van der Waals surface area contributed by atoms with Gasteiger partial charge in [-0.3, -0.25) is 24.2 Å². The van der Waals surface area contributed by atoms with E-state index in [-0.39, 0.29) is 77.4 Å². The van der Waals surface area contributed by atoms with E-state index in [1.807, 2.05) is 6.07 Å². The van der Waals surface area contributed by atoms with Crippen molar-refractivity contribution in [1.29, 1.82) is 5.26 Å². The Morgan fingerprint density at radius 2 is 1.00 bits per heavy atom. The molecule has 396 valence electrons. The first-order valence-electron chi connectivity index (χ1n) is 27.3. The van der Waals surface area contributed by atoms with E-state index in [2.05, 4.69) is 118 Å². The fraction of sp³-hybridized carbons (Fsp3) is 0.533. The second kappa shape index (κ2) is 22.4. The first-order chi connectivity index (χ1) is 36.1. The molecule has 4 heterocycles. The van der Waals surface area contributed by atoms with Gasteiger partial charge in [0.2, 0.25) is 0 Å². The molecule has 15 nitrogen and oxygen atoms in total. The Bertz CT molecular complexity index is 2740. The fourth-order valence-electron chi connectivity index (χ4n) is 13.3. The molecule has 4 aromatic rings. The summed E-state index contributed by atoms with van der Waals surface area (Å²) in [6.45, 7) is 2.92. The molecule has 5 amide bonds. The number of rotatable bonds is 17. The summed E-state index contributed by atoms with van der Waals surface area (Å²) in [5, 5.41) is 9.11. The topological polar surface area (TPSA) is 180 Å². The molecule has 2 saturated heterocycles. The van der Waals surface area contributed by atoms with Crippen LogP contribution in [0.5, 0.6) is 0 Å². The van der Waals surface area contributed by atoms with Crippen LogP contribution in [-0.4, -0.2) is 147 Å². The summed E-state index contributed by atoms with van der Waals surface area (Å²) in [6.07, 6.45) is 14.9. The number of urea groups is 2. The Hall–Kier alpha value is -6.50. The smallest absolute Gasteiger partial charge is 0.321 e. The van der Waals surface area contributed by atoms with Crippen LogP contribution in [0.15, 0.2) is 97.1 Å². The number of nitrogens with zero attached hydrogens (tertiary/aromatic N) is 9. The summed E-state index contributed by atoms with van der Waals surface area (Å²) in [6, 6.07) is 33.5. The molecule has 2 aliphatic heterocycles.